The van der Waals surface area contributed by atoms with Crippen molar-refractivity contribution in [3.63, 3.8) is 0 Å². The first-order valence-corrected chi connectivity index (χ1v) is 21.7. The minimum atomic E-state index is -4.50. The maximum Gasteiger partial charge on any atom is 0.303 e. The van der Waals surface area contributed by atoms with Gasteiger partial charge in [0.25, 0.3) is 30.4 Å². The van der Waals surface area contributed by atoms with Gasteiger partial charge < -0.3 is 15.2 Å². The smallest absolute Gasteiger partial charge is 0.303 e. The normalized spacial score (nSPS) is 21.1. The number of carboxylic acid groups (broad SMARTS) is 1. The molecule has 0 saturated carbocycles. The van der Waals surface area contributed by atoms with E-state index < -0.39 is 52.9 Å². The van der Waals surface area contributed by atoms with E-state index >= 15 is 0 Å². The Labute approximate surface area is 316 Å². The molecule has 2 atom stereocenters. The first-order chi connectivity index (χ1) is 25.2. The Morgan fingerprint density at radius 1 is 0.796 bits per heavy atom. The van der Waals surface area contributed by atoms with Gasteiger partial charge in [-0.25, -0.2) is 0 Å². The zero-order valence-corrected chi connectivity index (χ0v) is 32.8. The summed E-state index contributed by atoms with van der Waals surface area (Å²) in [5.41, 5.74) is 2.58. The fourth-order valence-corrected chi connectivity index (χ4v) is 8.52. The topological polar surface area (TPSA) is 225 Å². The molecule has 0 saturated heterocycles. The van der Waals surface area contributed by atoms with Crippen molar-refractivity contribution in [1.82, 2.24) is 0 Å². The van der Waals surface area contributed by atoms with Gasteiger partial charge in [0.15, 0.2) is 5.71 Å². The second-order valence-electron chi connectivity index (χ2n) is 13.7. The Kier molecular flexibility index (Phi) is 13.6. The van der Waals surface area contributed by atoms with Crippen LogP contribution in [0.2, 0.25) is 0 Å². The Morgan fingerprint density at radius 3 is 2.06 bits per heavy atom. The molecule has 2 heterocycles. The largest absolute Gasteiger partial charge is 0.481 e. The molecule has 0 spiro atoms. The molecule has 4 rings (SSSR count). The number of ether oxygens (including phenoxy) is 1. The first kappa shape index (κ1) is 42.8. The number of methoxy groups -OCH3 is 1. The lowest BCUT2D eigenvalue weighted by atomic mass is 9.76. The lowest BCUT2D eigenvalue weighted by molar-refractivity contribution is -0.438. The lowest BCUT2D eigenvalue weighted by Gasteiger charge is -2.26. The van der Waals surface area contributed by atoms with Crippen LogP contribution in [0.1, 0.15) is 69.9 Å². The van der Waals surface area contributed by atoms with E-state index in [1.807, 2.05) is 26.0 Å². The molecule has 0 amide bonds. The number of hydrogen-bond acceptors (Lipinski definition) is 9. The predicted octanol–water partition coefficient (Wildman–Crippen LogP) is 5.82. The van der Waals surface area contributed by atoms with Gasteiger partial charge in [-0.1, -0.05) is 30.4 Å². The maximum atomic E-state index is 12.1. The van der Waals surface area contributed by atoms with Gasteiger partial charge in [0.05, 0.1) is 21.0 Å². The molecule has 2 aromatic rings. The van der Waals surface area contributed by atoms with Gasteiger partial charge in [-0.05, 0) is 87.9 Å². The number of anilines is 1. The molecule has 54 heavy (non-hydrogen) atoms. The zero-order chi connectivity index (χ0) is 40.0. The average Bonchev–Trinajstić information content (AvgIpc) is 3.48. The average molecular weight is 808 g/mol. The van der Waals surface area contributed by atoms with E-state index in [9.17, 15) is 43.7 Å². The monoisotopic (exact) mass is 807 g/mol. The summed E-state index contributed by atoms with van der Waals surface area (Å²) in [5, 5.41) is 12.3. The van der Waals surface area contributed by atoms with Crippen LogP contribution < -0.4 is 5.32 Å². The summed E-state index contributed by atoms with van der Waals surface area (Å²) in [6, 6.07) is 8.66. The minimum absolute atomic E-state index is 0.0661. The second-order valence-corrected chi connectivity index (χ2v) is 18.1. The Morgan fingerprint density at radius 2 is 1.43 bits per heavy atom. The van der Waals surface area contributed by atoms with Crippen LogP contribution in [0.25, 0.3) is 0 Å². The highest BCUT2D eigenvalue weighted by molar-refractivity contribution is 7.86. The molecule has 2 aliphatic rings. The van der Waals surface area contributed by atoms with Gasteiger partial charge in [0, 0.05) is 61.1 Å². The highest BCUT2D eigenvalue weighted by Gasteiger charge is 2.48. The van der Waals surface area contributed by atoms with E-state index in [-0.39, 0.29) is 29.1 Å². The van der Waals surface area contributed by atoms with Crippen molar-refractivity contribution in [2.24, 2.45) is 0 Å². The third-order valence-corrected chi connectivity index (χ3v) is 12.4. The van der Waals surface area contributed by atoms with Crippen molar-refractivity contribution in [1.29, 1.82) is 0 Å². The van der Waals surface area contributed by atoms with E-state index in [1.165, 1.54) is 30.3 Å². The number of carboxylic acids is 1. The maximum absolute atomic E-state index is 12.1. The SMILES string of the molecule is COCCC1(C)C(/C=C/C=C/C=C/C=C2/Nc3ccc(S(=O)(=O)O)cc3C2(C)CCCS(=O)(=O)O)=[N+](CCCCCC(=O)O)c2ccc(S(=O)(=O)O)cc21. The van der Waals surface area contributed by atoms with Gasteiger partial charge in [-0.3, -0.25) is 18.5 Å². The first-order valence-electron chi connectivity index (χ1n) is 17.2. The van der Waals surface area contributed by atoms with Crippen LogP contribution in [0, 0.1) is 0 Å². The standard InChI is InChI=1S/C37H46N2O12S3/c1-36(20-12-24-52(42,43)44)29-25-27(53(45,46)47)16-18-31(29)38-33(36)13-8-5-4-6-9-14-34-37(2,21-23-51-3)30-26-28(54(48,49)50)17-19-32(30)39(34)22-11-7-10-15-35(40)41/h4-6,8-9,13-14,16-19,25-26H,7,10-12,15,20-24H2,1-3H3,(H4,40,41,42,43,44,45,46,47,48,49,50)/p+1. The summed E-state index contributed by atoms with van der Waals surface area (Å²) in [6.45, 7) is 4.71. The summed E-state index contributed by atoms with van der Waals surface area (Å²) in [7, 11) is -11.6. The number of benzene rings is 2. The van der Waals surface area contributed by atoms with Crippen molar-refractivity contribution in [3.05, 3.63) is 95.8 Å². The van der Waals surface area contributed by atoms with Crippen LogP contribution in [-0.2, 0) is 50.7 Å². The van der Waals surface area contributed by atoms with Gasteiger partial charge >= 0.3 is 5.97 Å². The number of aliphatic carboxylic acids is 1. The number of carbonyl (C=O) groups is 1. The van der Waals surface area contributed by atoms with Gasteiger partial charge in [0.1, 0.15) is 6.54 Å². The molecule has 2 unspecified atom stereocenters. The van der Waals surface area contributed by atoms with Crippen LogP contribution in [0.3, 0.4) is 0 Å². The number of nitrogens with one attached hydrogen (secondary N) is 1. The van der Waals surface area contributed by atoms with E-state index in [4.69, 9.17) is 9.84 Å². The fraction of sp³-hybridized carbons (Fsp3) is 0.405. The predicted molar refractivity (Wildman–Crippen MR) is 204 cm³/mol. The van der Waals surface area contributed by atoms with Gasteiger partial charge in [-0.15, -0.1) is 0 Å². The number of hydrogen-bond donors (Lipinski definition) is 5. The van der Waals surface area contributed by atoms with Crippen molar-refractivity contribution >= 4 is 53.4 Å². The second kappa shape index (κ2) is 17.2. The van der Waals surface area contributed by atoms with Gasteiger partial charge in [0.2, 0.25) is 5.69 Å². The van der Waals surface area contributed by atoms with E-state index in [2.05, 4.69) is 9.89 Å². The van der Waals surface area contributed by atoms with Crippen LogP contribution in [-0.4, -0.2) is 86.3 Å². The molecule has 2 aliphatic heterocycles. The summed E-state index contributed by atoms with van der Waals surface area (Å²) in [6.07, 6.45) is 15.4. The van der Waals surface area contributed by atoms with Crippen LogP contribution in [0.5, 0.6) is 0 Å². The summed E-state index contributed by atoms with van der Waals surface area (Å²) < 4.78 is 107. The van der Waals surface area contributed by atoms with Crippen LogP contribution in [0.4, 0.5) is 11.4 Å². The number of fused-ring (bicyclic) bond motifs is 2. The van der Waals surface area contributed by atoms with Gasteiger partial charge in [-0.2, -0.15) is 29.8 Å². The molecule has 0 radical (unpaired) electrons. The quantitative estimate of drug-likeness (QED) is 0.0489. The number of unbranched alkanes of at least 4 members (excludes halogenated alkanes) is 2. The number of allylic oxidation sites excluding steroid dienone is 8. The Hall–Kier alpha value is -3.97. The molecule has 14 nitrogen and oxygen atoms in total. The Bertz CT molecular complexity index is 2240. The summed E-state index contributed by atoms with van der Waals surface area (Å²) >= 11 is 0. The molecule has 17 heteroatoms. The zero-order valence-electron chi connectivity index (χ0n) is 30.3. The molecule has 294 valence electrons. The molecule has 2 aromatic carbocycles. The molecule has 0 aliphatic carbocycles. The third-order valence-electron chi connectivity index (χ3n) is 9.87. The number of rotatable bonds is 19. The molecular formula is C37H47N2O12S3+. The van der Waals surface area contributed by atoms with E-state index in [0.717, 1.165) is 11.4 Å². The number of nitrogens with zero attached hydrogens (tertiary/aromatic N) is 1. The summed E-state index contributed by atoms with van der Waals surface area (Å²) in [4.78, 5) is 10.5. The van der Waals surface area contributed by atoms with Crippen LogP contribution in [0.15, 0.2) is 94.4 Å². The molecule has 5 N–H and O–H groups in total. The fourth-order valence-electron chi connectivity index (χ4n) is 7.00. The van der Waals surface area contributed by atoms with E-state index in [1.54, 1.807) is 43.6 Å². The summed E-state index contributed by atoms with van der Waals surface area (Å²) in [5.74, 6) is -1.34. The van der Waals surface area contributed by atoms with E-state index in [0.29, 0.717) is 61.3 Å². The Balaban J connectivity index is 1.63. The van der Waals surface area contributed by atoms with Crippen molar-refractivity contribution in [2.75, 3.05) is 31.3 Å². The molecule has 0 bridgehead atoms. The highest BCUT2D eigenvalue weighted by atomic mass is 32.2. The highest BCUT2D eigenvalue weighted by Crippen LogP contribution is 2.47. The van der Waals surface area contributed by atoms with Crippen molar-refractivity contribution < 1.29 is 58.1 Å². The third kappa shape index (κ3) is 10.4. The minimum Gasteiger partial charge on any atom is -0.481 e. The van der Waals surface area contributed by atoms with Crippen molar-refractivity contribution in [2.45, 2.75) is 79.4 Å². The molecule has 0 fully saturated rings. The molecular weight excluding hydrogens is 761 g/mol. The van der Waals surface area contributed by atoms with Crippen molar-refractivity contribution in [3.8, 4) is 0 Å². The van der Waals surface area contributed by atoms with Crippen LogP contribution >= 0.6 is 0 Å². The lowest BCUT2D eigenvalue weighted by Crippen LogP contribution is -2.33. The molecule has 0 aromatic heterocycles.